The van der Waals surface area contributed by atoms with E-state index in [1.54, 1.807) is 4.90 Å². The van der Waals surface area contributed by atoms with Crippen molar-refractivity contribution in [1.29, 1.82) is 0 Å². The fourth-order valence-electron chi connectivity index (χ4n) is 1.41. The van der Waals surface area contributed by atoms with E-state index in [1.165, 1.54) is 0 Å². The summed E-state index contributed by atoms with van der Waals surface area (Å²) in [4.78, 5) is 12.8. The Morgan fingerprint density at radius 2 is 1.93 bits per heavy atom. The average Bonchev–Trinajstić information content (AvgIpc) is 2.07. The molecule has 0 aromatic heterocycles. The van der Waals surface area contributed by atoms with Crippen LogP contribution in [0.3, 0.4) is 0 Å². The van der Waals surface area contributed by atoms with Crippen LogP contribution in [0, 0.1) is 6.92 Å². The van der Waals surface area contributed by atoms with E-state index in [2.05, 4.69) is 0 Å². The Morgan fingerprint density at radius 3 is 2.36 bits per heavy atom. The van der Waals surface area contributed by atoms with Gasteiger partial charge in [-0.3, -0.25) is 9.69 Å². The van der Waals surface area contributed by atoms with Gasteiger partial charge in [-0.25, -0.2) is 0 Å². The van der Waals surface area contributed by atoms with Gasteiger partial charge in [0.05, 0.1) is 0 Å². The summed E-state index contributed by atoms with van der Waals surface area (Å²) in [5.74, 6) is 0. The van der Waals surface area contributed by atoms with Crippen molar-refractivity contribution in [1.82, 2.24) is 0 Å². The molecule has 0 atom stereocenters. The third kappa shape index (κ3) is 2.26. The van der Waals surface area contributed by atoms with E-state index in [1.807, 2.05) is 45.0 Å². The van der Waals surface area contributed by atoms with Crippen LogP contribution in [0.15, 0.2) is 24.3 Å². The summed E-state index contributed by atoms with van der Waals surface area (Å²) >= 11 is 5.53. The van der Waals surface area contributed by atoms with Crippen molar-refractivity contribution in [3.05, 3.63) is 29.8 Å². The van der Waals surface area contributed by atoms with Crippen LogP contribution in [-0.2, 0) is 0 Å². The number of carbonyl (C=O) groups is 1. The van der Waals surface area contributed by atoms with Gasteiger partial charge in [-0.2, -0.15) is 0 Å². The van der Waals surface area contributed by atoms with Crippen molar-refractivity contribution in [3.8, 4) is 0 Å². The molecule has 1 rings (SSSR count). The number of hydrogen-bond acceptors (Lipinski definition) is 1. The Bertz CT molecular complexity index is 336. The number of carbonyl (C=O) groups excluding carboxylic acids is 1. The first-order valence-electron chi connectivity index (χ1n) is 4.58. The fourth-order valence-corrected chi connectivity index (χ4v) is 1.70. The standard InChI is InChI=1S/C11H14ClNO/c1-8(2)13(11(12)14)10-7-5-4-6-9(10)3/h4-8H,1-3H3. The van der Waals surface area contributed by atoms with Crippen molar-refractivity contribution in [2.45, 2.75) is 26.8 Å². The number of para-hydroxylation sites is 1. The van der Waals surface area contributed by atoms with Crippen molar-refractivity contribution < 1.29 is 4.79 Å². The Balaban J connectivity index is 3.12. The molecule has 1 amide bonds. The van der Waals surface area contributed by atoms with Gasteiger partial charge in [-0.05, 0) is 44.0 Å². The highest BCUT2D eigenvalue weighted by atomic mass is 35.5. The zero-order valence-electron chi connectivity index (χ0n) is 8.62. The Kier molecular flexibility index (Phi) is 3.53. The van der Waals surface area contributed by atoms with Gasteiger partial charge in [0.2, 0.25) is 0 Å². The highest BCUT2D eigenvalue weighted by Gasteiger charge is 2.17. The lowest BCUT2D eigenvalue weighted by atomic mass is 10.1. The molecule has 0 saturated carbocycles. The second kappa shape index (κ2) is 4.47. The predicted molar refractivity (Wildman–Crippen MR) is 60.0 cm³/mol. The average molecular weight is 212 g/mol. The topological polar surface area (TPSA) is 20.3 Å². The zero-order chi connectivity index (χ0) is 10.7. The Morgan fingerprint density at radius 1 is 1.36 bits per heavy atom. The number of benzene rings is 1. The Labute approximate surface area is 89.5 Å². The molecule has 0 N–H and O–H groups in total. The maximum Gasteiger partial charge on any atom is 0.321 e. The van der Waals surface area contributed by atoms with Crippen LogP contribution in [0.4, 0.5) is 10.5 Å². The molecule has 0 spiro atoms. The van der Waals surface area contributed by atoms with Crippen molar-refractivity contribution in [3.63, 3.8) is 0 Å². The van der Waals surface area contributed by atoms with Gasteiger partial charge in [0.25, 0.3) is 0 Å². The predicted octanol–water partition coefficient (Wildman–Crippen LogP) is 3.57. The number of anilines is 1. The number of halogens is 1. The summed E-state index contributed by atoms with van der Waals surface area (Å²) in [6, 6.07) is 7.77. The number of rotatable bonds is 2. The van der Waals surface area contributed by atoms with Gasteiger partial charge in [-0.15, -0.1) is 0 Å². The first-order chi connectivity index (χ1) is 6.54. The summed E-state index contributed by atoms with van der Waals surface area (Å²) in [7, 11) is 0. The minimum atomic E-state index is -0.436. The van der Waals surface area contributed by atoms with Gasteiger partial charge in [0.1, 0.15) is 0 Å². The normalized spacial score (nSPS) is 10.4. The number of hydrogen-bond donors (Lipinski definition) is 0. The lowest BCUT2D eigenvalue weighted by Gasteiger charge is -2.25. The molecule has 1 aromatic rings. The van der Waals surface area contributed by atoms with Crippen molar-refractivity contribution in [2.24, 2.45) is 0 Å². The third-order valence-corrected chi connectivity index (χ3v) is 2.26. The molecular weight excluding hydrogens is 198 g/mol. The lowest BCUT2D eigenvalue weighted by Crippen LogP contribution is -2.33. The van der Waals surface area contributed by atoms with Gasteiger partial charge in [0.15, 0.2) is 0 Å². The maximum atomic E-state index is 11.2. The molecule has 0 aliphatic heterocycles. The van der Waals surface area contributed by atoms with Gasteiger partial charge in [0, 0.05) is 11.7 Å². The van der Waals surface area contributed by atoms with Crippen LogP contribution >= 0.6 is 11.6 Å². The minimum absolute atomic E-state index is 0.0705. The summed E-state index contributed by atoms with van der Waals surface area (Å²) in [5, 5.41) is -0.436. The van der Waals surface area contributed by atoms with E-state index in [0.717, 1.165) is 11.3 Å². The minimum Gasteiger partial charge on any atom is -0.296 e. The maximum absolute atomic E-state index is 11.2. The van der Waals surface area contributed by atoms with Crippen molar-refractivity contribution in [2.75, 3.05) is 4.90 Å². The molecule has 1 aromatic carbocycles. The molecule has 76 valence electrons. The number of amides is 1. The van der Waals surface area contributed by atoms with E-state index in [9.17, 15) is 4.79 Å². The van der Waals surface area contributed by atoms with Crippen LogP contribution in [-0.4, -0.2) is 11.4 Å². The summed E-state index contributed by atoms with van der Waals surface area (Å²) in [5.41, 5.74) is 1.93. The molecule has 3 heteroatoms. The molecule has 0 bridgehead atoms. The van der Waals surface area contributed by atoms with Crippen LogP contribution in [0.2, 0.25) is 0 Å². The zero-order valence-corrected chi connectivity index (χ0v) is 9.38. The molecule has 0 heterocycles. The smallest absolute Gasteiger partial charge is 0.296 e. The largest absolute Gasteiger partial charge is 0.321 e. The first kappa shape index (κ1) is 11.1. The lowest BCUT2D eigenvalue weighted by molar-refractivity contribution is 0.263. The van der Waals surface area contributed by atoms with Crippen molar-refractivity contribution >= 4 is 22.7 Å². The fraction of sp³-hybridized carbons (Fsp3) is 0.364. The second-order valence-electron chi connectivity index (χ2n) is 3.50. The van der Waals surface area contributed by atoms with Crippen LogP contribution in [0.5, 0.6) is 0 Å². The molecule has 0 fully saturated rings. The van der Waals surface area contributed by atoms with Crippen LogP contribution < -0.4 is 4.90 Å². The van der Waals surface area contributed by atoms with Gasteiger partial charge in [-0.1, -0.05) is 18.2 Å². The SMILES string of the molecule is Cc1ccccc1N(C(=O)Cl)C(C)C. The number of nitrogens with zero attached hydrogens (tertiary/aromatic N) is 1. The molecule has 0 unspecified atom stereocenters. The molecule has 2 nitrogen and oxygen atoms in total. The Hall–Kier alpha value is -1.02. The van der Waals surface area contributed by atoms with E-state index in [4.69, 9.17) is 11.6 Å². The molecule has 14 heavy (non-hydrogen) atoms. The molecular formula is C11H14ClNO. The first-order valence-corrected chi connectivity index (χ1v) is 4.96. The monoisotopic (exact) mass is 211 g/mol. The molecule has 0 saturated heterocycles. The molecule has 0 aliphatic rings. The summed E-state index contributed by atoms with van der Waals surface area (Å²) in [6.45, 7) is 5.84. The highest BCUT2D eigenvalue weighted by Crippen LogP contribution is 2.22. The summed E-state index contributed by atoms with van der Waals surface area (Å²) in [6.07, 6.45) is 0. The highest BCUT2D eigenvalue weighted by molar-refractivity contribution is 6.66. The van der Waals surface area contributed by atoms with Crippen LogP contribution in [0.1, 0.15) is 19.4 Å². The number of aryl methyl sites for hydroxylation is 1. The van der Waals surface area contributed by atoms with Gasteiger partial charge >= 0.3 is 5.37 Å². The quantitative estimate of drug-likeness (QED) is 0.541. The van der Waals surface area contributed by atoms with E-state index in [0.29, 0.717) is 0 Å². The molecule has 0 aliphatic carbocycles. The second-order valence-corrected chi connectivity index (χ2v) is 3.83. The van der Waals surface area contributed by atoms with Crippen LogP contribution in [0.25, 0.3) is 0 Å². The molecule has 0 radical (unpaired) electrons. The summed E-state index contributed by atoms with van der Waals surface area (Å²) < 4.78 is 0. The van der Waals surface area contributed by atoms with E-state index in [-0.39, 0.29) is 6.04 Å². The van der Waals surface area contributed by atoms with E-state index >= 15 is 0 Å². The third-order valence-electron chi connectivity index (χ3n) is 2.08. The van der Waals surface area contributed by atoms with E-state index < -0.39 is 5.37 Å². The van der Waals surface area contributed by atoms with Gasteiger partial charge < -0.3 is 0 Å².